The quantitative estimate of drug-likeness (QED) is 0.476. The summed E-state index contributed by atoms with van der Waals surface area (Å²) in [7, 11) is 0. The van der Waals surface area contributed by atoms with E-state index >= 15 is 0 Å². The number of rotatable bonds is 6. The van der Waals surface area contributed by atoms with Crippen molar-refractivity contribution in [3.05, 3.63) is 52.7 Å². The molecule has 1 aliphatic carbocycles. The maximum absolute atomic E-state index is 13.5. The molecule has 1 saturated carbocycles. The minimum Gasteiger partial charge on any atom is -0.356 e. The number of aromatic nitrogens is 2. The molecule has 1 aliphatic heterocycles. The van der Waals surface area contributed by atoms with Crippen molar-refractivity contribution in [3.8, 4) is 0 Å². The van der Waals surface area contributed by atoms with Crippen molar-refractivity contribution in [1.82, 2.24) is 15.3 Å². The molecule has 5 rings (SSSR count). The largest absolute Gasteiger partial charge is 0.393 e. The van der Waals surface area contributed by atoms with Gasteiger partial charge in [0.2, 0.25) is 0 Å². The molecule has 0 spiro atoms. The van der Waals surface area contributed by atoms with Gasteiger partial charge in [0, 0.05) is 29.9 Å². The Morgan fingerprint density at radius 2 is 1.85 bits per heavy atom. The molecule has 2 fully saturated rings. The first-order valence-electron chi connectivity index (χ1n) is 11.0. The molecule has 1 aromatic carbocycles. The van der Waals surface area contributed by atoms with E-state index in [1.54, 1.807) is 12.1 Å². The smallest absolute Gasteiger partial charge is 0.356 e. The van der Waals surface area contributed by atoms with Gasteiger partial charge < -0.3 is 10.2 Å². The highest BCUT2D eigenvalue weighted by atomic mass is 32.1. The molecule has 4 nitrogen and oxygen atoms in total. The van der Waals surface area contributed by atoms with Gasteiger partial charge in [-0.2, -0.15) is 13.2 Å². The summed E-state index contributed by atoms with van der Waals surface area (Å²) in [6.45, 7) is 2.41. The Morgan fingerprint density at radius 1 is 1.06 bits per heavy atom. The average Bonchev–Trinajstić information content (AvgIpc) is 3.43. The van der Waals surface area contributed by atoms with Crippen molar-refractivity contribution in [2.45, 2.75) is 43.8 Å². The number of nitrogens with one attached hydrogen (secondary N) is 1. The molecule has 0 unspecified atom stereocenters. The monoisotopic (exact) mass is 482 g/mol. The van der Waals surface area contributed by atoms with Crippen LogP contribution >= 0.6 is 11.3 Å². The molecular weight excluding hydrogens is 459 g/mol. The zero-order valence-electron chi connectivity index (χ0n) is 17.7. The third-order valence-corrected chi connectivity index (χ3v) is 7.52. The lowest BCUT2D eigenvalue weighted by atomic mass is 9.96. The minimum absolute atomic E-state index is 0.221. The van der Waals surface area contributed by atoms with Crippen LogP contribution in [0.4, 0.5) is 27.8 Å². The van der Waals surface area contributed by atoms with E-state index in [9.17, 15) is 22.0 Å². The molecule has 10 heteroatoms. The Hall–Kier alpha value is -2.33. The van der Waals surface area contributed by atoms with Crippen LogP contribution in [0.1, 0.15) is 35.6 Å². The van der Waals surface area contributed by atoms with Crippen LogP contribution in [0, 0.1) is 17.6 Å². The van der Waals surface area contributed by atoms with E-state index in [2.05, 4.69) is 20.2 Å². The molecule has 1 saturated heterocycles. The van der Waals surface area contributed by atoms with E-state index < -0.39 is 24.2 Å². The summed E-state index contributed by atoms with van der Waals surface area (Å²) >= 11 is 1.07. The summed E-state index contributed by atoms with van der Waals surface area (Å²) < 4.78 is 64.9. The molecule has 2 aliphatic rings. The van der Waals surface area contributed by atoms with Gasteiger partial charge >= 0.3 is 6.18 Å². The van der Waals surface area contributed by atoms with Gasteiger partial charge in [-0.3, -0.25) is 0 Å². The lowest BCUT2D eigenvalue weighted by Crippen LogP contribution is -2.38. The third-order valence-electron chi connectivity index (χ3n) is 6.48. The van der Waals surface area contributed by atoms with Gasteiger partial charge in [-0.15, -0.1) is 11.3 Å². The predicted molar refractivity (Wildman–Crippen MR) is 118 cm³/mol. The predicted octanol–water partition coefficient (Wildman–Crippen LogP) is 5.44. The highest BCUT2D eigenvalue weighted by Crippen LogP contribution is 2.41. The van der Waals surface area contributed by atoms with Crippen molar-refractivity contribution in [1.29, 1.82) is 0 Å². The van der Waals surface area contributed by atoms with Crippen LogP contribution < -0.4 is 10.2 Å². The Kier molecular flexibility index (Phi) is 5.98. The number of piperidine rings is 1. The first-order valence-corrected chi connectivity index (χ1v) is 11.8. The SMILES string of the molecule is Fc1ccc([C@@H]2C[C@H]2NCC2CCN(c3ncnc4sc(CC(F)(F)F)cc34)CC2)cc1F. The normalized spacial score (nSPS) is 21.7. The lowest BCUT2D eigenvalue weighted by Gasteiger charge is -2.33. The zero-order valence-corrected chi connectivity index (χ0v) is 18.5. The van der Waals surface area contributed by atoms with Crippen molar-refractivity contribution in [2.24, 2.45) is 5.92 Å². The molecule has 2 aromatic heterocycles. The second kappa shape index (κ2) is 8.79. The van der Waals surface area contributed by atoms with Crippen molar-refractivity contribution >= 4 is 27.4 Å². The van der Waals surface area contributed by atoms with Crippen LogP contribution in [0.25, 0.3) is 10.2 Å². The second-order valence-electron chi connectivity index (χ2n) is 8.88. The standard InChI is InChI=1S/C23H23F5N4S/c24-18-2-1-14(7-19(18)25)16-9-20(16)29-11-13-3-5-32(6-4-13)21-17-8-15(10-23(26,27)28)33-22(17)31-12-30-21/h1-2,7-8,12-13,16,20,29H,3-6,9-11H2/t16-,20+/m0/s1. The summed E-state index contributed by atoms with van der Waals surface area (Å²) in [4.78, 5) is 11.5. The maximum atomic E-state index is 13.5. The number of alkyl halides is 3. The average molecular weight is 483 g/mol. The fourth-order valence-electron chi connectivity index (χ4n) is 4.63. The number of benzene rings is 1. The molecule has 1 N–H and O–H groups in total. The number of hydrogen-bond donors (Lipinski definition) is 1. The topological polar surface area (TPSA) is 41.0 Å². The van der Waals surface area contributed by atoms with E-state index in [4.69, 9.17) is 0 Å². The Bertz CT molecular complexity index is 1140. The van der Waals surface area contributed by atoms with Crippen molar-refractivity contribution in [2.75, 3.05) is 24.5 Å². The van der Waals surface area contributed by atoms with Gasteiger partial charge in [-0.05, 0) is 55.5 Å². The van der Waals surface area contributed by atoms with Gasteiger partial charge in [-0.1, -0.05) is 6.07 Å². The Morgan fingerprint density at radius 3 is 2.58 bits per heavy atom. The second-order valence-corrected chi connectivity index (χ2v) is 10.00. The van der Waals surface area contributed by atoms with Gasteiger partial charge in [0.25, 0.3) is 0 Å². The number of nitrogens with zero attached hydrogens (tertiary/aromatic N) is 3. The number of halogens is 5. The summed E-state index contributed by atoms with van der Waals surface area (Å²) in [5, 5.41) is 4.24. The van der Waals surface area contributed by atoms with Crippen LogP contribution in [0.3, 0.4) is 0 Å². The number of fused-ring (bicyclic) bond motifs is 1. The summed E-state index contributed by atoms with van der Waals surface area (Å²) in [6, 6.07) is 5.97. The lowest BCUT2D eigenvalue weighted by molar-refractivity contribution is -0.126. The Labute approximate surface area is 191 Å². The third kappa shape index (κ3) is 5.11. The highest BCUT2D eigenvalue weighted by molar-refractivity contribution is 7.18. The molecule has 33 heavy (non-hydrogen) atoms. The molecule has 176 valence electrons. The van der Waals surface area contributed by atoms with E-state index in [1.165, 1.54) is 18.5 Å². The molecule has 2 atom stereocenters. The summed E-state index contributed by atoms with van der Waals surface area (Å²) in [5.41, 5.74) is 0.828. The first kappa shape index (κ1) is 22.5. The van der Waals surface area contributed by atoms with Crippen LogP contribution in [-0.4, -0.2) is 41.8 Å². The molecule has 3 heterocycles. The van der Waals surface area contributed by atoms with Crippen LogP contribution in [0.5, 0.6) is 0 Å². The van der Waals surface area contributed by atoms with Gasteiger partial charge in [0.15, 0.2) is 11.6 Å². The molecule has 0 radical (unpaired) electrons. The summed E-state index contributed by atoms with van der Waals surface area (Å²) in [6.07, 6.45) is -0.966. The van der Waals surface area contributed by atoms with Crippen LogP contribution in [-0.2, 0) is 6.42 Å². The molecule has 0 bridgehead atoms. The van der Waals surface area contributed by atoms with Gasteiger partial charge in [0.05, 0.1) is 11.8 Å². The van der Waals surface area contributed by atoms with E-state index in [1.807, 2.05) is 0 Å². The van der Waals surface area contributed by atoms with Crippen molar-refractivity contribution in [3.63, 3.8) is 0 Å². The van der Waals surface area contributed by atoms with Crippen LogP contribution in [0.2, 0.25) is 0 Å². The number of anilines is 1. The molecule has 3 aromatic rings. The maximum Gasteiger partial charge on any atom is 0.393 e. The fourth-order valence-corrected chi connectivity index (χ4v) is 5.65. The van der Waals surface area contributed by atoms with E-state index in [-0.39, 0.29) is 16.8 Å². The van der Waals surface area contributed by atoms with Crippen LogP contribution in [0.15, 0.2) is 30.6 Å². The van der Waals surface area contributed by atoms with Gasteiger partial charge in [-0.25, -0.2) is 18.7 Å². The first-order chi connectivity index (χ1) is 15.8. The zero-order chi connectivity index (χ0) is 23.2. The van der Waals surface area contributed by atoms with E-state index in [0.29, 0.717) is 22.0 Å². The minimum atomic E-state index is -4.24. The molecule has 0 amide bonds. The highest BCUT2D eigenvalue weighted by Gasteiger charge is 2.38. The van der Waals surface area contributed by atoms with E-state index in [0.717, 1.165) is 55.8 Å². The summed E-state index contributed by atoms with van der Waals surface area (Å²) in [5.74, 6) is -0.222. The molecular formula is C23H23F5N4S. The fraction of sp³-hybridized carbons (Fsp3) is 0.478. The van der Waals surface area contributed by atoms with Gasteiger partial charge in [0.1, 0.15) is 17.0 Å². The Balaban J connectivity index is 1.15. The van der Waals surface area contributed by atoms with Crippen molar-refractivity contribution < 1.29 is 22.0 Å². The number of hydrogen-bond acceptors (Lipinski definition) is 5. The number of thiophene rings is 1.